The molecule has 0 spiro atoms. The lowest BCUT2D eigenvalue weighted by Gasteiger charge is -2.29. The van der Waals surface area contributed by atoms with E-state index in [4.69, 9.17) is 4.74 Å². The summed E-state index contributed by atoms with van der Waals surface area (Å²) in [5, 5.41) is 2.67. The summed E-state index contributed by atoms with van der Waals surface area (Å²) in [5.41, 5.74) is 10.5. The maximum Gasteiger partial charge on any atom is 0.408 e. The summed E-state index contributed by atoms with van der Waals surface area (Å²) >= 11 is 0. The Morgan fingerprint density at radius 2 is 1.95 bits per heavy atom. The number of hydrogen-bond acceptors (Lipinski definition) is 7. The lowest BCUT2D eigenvalue weighted by molar-refractivity contribution is -0.136. The Bertz CT molecular complexity index is 391. The van der Waals surface area contributed by atoms with E-state index < -0.39 is 17.7 Å². The average molecular weight is 300 g/mol. The van der Waals surface area contributed by atoms with Crippen molar-refractivity contribution in [2.24, 2.45) is 0 Å². The second-order valence-corrected chi connectivity index (χ2v) is 6.17. The highest BCUT2D eigenvalue weighted by Gasteiger charge is 2.34. The number of nitrogens with one attached hydrogen (secondary N) is 5. The molecule has 0 aromatic carbocycles. The number of alkyl carbamates (subject to hydrolysis) is 1. The molecule has 9 nitrogen and oxygen atoms in total. The molecule has 2 saturated heterocycles. The van der Waals surface area contributed by atoms with Crippen LogP contribution < -0.4 is 27.2 Å². The molecule has 2 fully saturated rings. The Morgan fingerprint density at radius 1 is 1.29 bits per heavy atom. The fourth-order valence-electron chi connectivity index (χ4n) is 2.31. The predicted molar refractivity (Wildman–Crippen MR) is 75.1 cm³/mol. The first kappa shape index (κ1) is 16.0. The highest BCUT2D eigenvalue weighted by Crippen LogP contribution is 2.15. The van der Waals surface area contributed by atoms with Crippen LogP contribution in [0, 0.1) is 0 Å². The summed E-state index contributed by atoms with van der Waals surface area (Å²) in [4.78, 5) is 26.1. The summed E-state index contributed by atoms with van der Waals surface area (Å²) in [6.07, 6.45) is 1.46. The van der Waals surface area contributed by atoms with Crippen molar-refractivity contribution in [2.45, 2.75) is 58.0 Å². The highest BCUT2D eigenvalue weighted by atomic mass is 16.6. The molecule has 2 amide bonds. The molecule has 0 bridgehead atoms. The van der Waals surface area contributed by atoms with E-state index in [-0.39, 0.29) is 12.2 Å². The van der Waals surface area contributed by atoms with Crippen molar-refractivity contribution < 1.29 is 14.3 Å². The van der Waals surface area contributed by atoms with Crippen molar-refractivity contribution in [1.82, 2.24) is 32.1 Å². The number of carbonyl (C=O) groups excluding carboxylic acids is 2. The van der Waals surface area contributed by atoms with E-state index in [1.54, 1.807) is 25.7 Å². The molecule has 0 radical (unpaired) electrons. The summed E-state index contributed by atoms with van der Waals surface area (Å²) in [6.45, 7) is 5.99. The van der Waals surface area contributed by atoms with Gasteiger partial charge in [0.25, 0.3) is 0 Å². The second kappa shape index (κ2) is 6.56. The van der Waals surface area contributed by atoms with Crippen molar-refractivity contribution in [1.29, 1.82) is 0 Å². The van der Waals surface area contributed by atoms with Crippen molar-refractivity contribution in [2.75, 3.05) is 6.54 Å². The number of nitrogens with zero attached hydrogens (tertiary/aromatic N) is 1. The van der Waals surface area contributed by atoms with Gasteiger partial charge in [-0.25, -0.2) is 15.6 Å². The number of rotatable bonds is 2. The van der Waals surface area contributed by atoms with Crippen LogP contribution in [-0.2, 0) is 9.53 Å². The minimum absolute atomic E-state index is 0.131. The zero-order chi connectivity index (χ0) is 15.5. The monoisotopic (exact) mass is 300 g/mol. The Hall–Kier alpha value is -1.42. The molecular formula is C12H24N6O3. The molecule has 9 heteroatoms. The van der Waals surface area contributed by atoms with E-state index in [9.17, 15) is 9.59 Å². The van der Waals surface area contributed by atoms with Gasteiger partial charge in [0.1, 0.15) is 11.6 Å². The van der Waals surface area contributed by atoms with Gasteiger partial charge in [0.2, 0.25) is 5.91 Å². The number of carbonyl (C=O) groups is 2. The van der Waals surface area contributed by atoms with Crippen LogP contribution in [0.2, 0.25) is 0 Å². The smallest absolute Gasteiger partial charge is 0.408 e. The molecule has 2 aliphatic heterocycles. The van der Waals surface area contributed by atoms with Crippen LogP contribution in [0.1, 0.15) is 40.0 Å². The molecule has 2 aliphatic rings. The SMILES string of the molecule is CC(C)(C)OC(=O)N[C@H]1CCCCN(C2NNNN2)C1=O. The van der Waals surface area contributed by atoms with E-state index in [2.05, 4.69) is 27.2 Å². The molecule has 5 N–H and O–H groups in total. The standard InChI is InChI=1S/C12H24N6O3/c1-12(2,3)21-11(20)13-8-6-4-5-7-18(9(8)19)10-14-16-17-15-10/h8,10,14-17H,4-7H2,1-3H3,(H,13,20)/t8-/m0/s1. The quantitative estimate of drug-likeness (QED) is 0.459. The first-order valence-electron chi connectivity index (χ1n) is 7.18. The molecule has 120 valence electrons. The molecular weight excluding hydrogens is 276 g/mol. The zero-order valence-corrected chi connectivity index (χ0v) is 12.7. The molecule has 0 aromatic rings. The zero-order valence-electron chi connectivity index (χ0n) is 12.7. The van der Waals surface area contributed by atoms with Crippen LogP contribution in [0.5, 0.6) is 0 Å². The number of hydrogen-bond donors (Lipinski definition) is 5. The number of amides is 2. The third-order valence-electron chi connectivity index (χ3n) is 3.21. The van der Waals surface area contributed by atoms with Crippen LogP contribution in [0.4, 0.5) is 4.79 Å². The van der Waals surface area contributed by atoms with Gasteiger partial charge in [-0.1, -0.05) is 0 Å². The fourth-order valence-corrected chi connectivity index (χ4v) is 2.31. The van der Waals surface area contributed by atoms with Crippen LogP contribution in [-0.4, -0.2) is 41.4 Å². The lowest BCUT2D eigenvalue weighted by Crippen LogP contribution is -2.57. The van der Waals surface area contributed by atoms with Gasteiger partial charge < -0.3 is 15.0 Å². The van der Waals surface area contributed by atoms with Gasteiger partial charge in [-0.15, -0.1) is 0 Å². The molecule has 21 heavy (non-hydrogen) atoms. The molecule has 1 atom stereocenters. The average Bonchev–Trinajstić information content (AvgIpc) is 2.82. The van der Waals surface area contributed by atoms with Crippen molar-refractivity contribution in [3.05, 3.63) is 0 Å². The molecule has 0 unspecified atom stereocenters. The first-order chi connectivity index (χ1) is 9.87. The van der Waals surface area contributed by atoms with Crippen molar-refractivity contribution in [3.63, 3.8) is 0 Å². The van der Waals surface area contributed by atoms with E-state index in [0.717, 1.165) is 12.8 Å². The highest BCUT2D eigenvalue weighted by molar-refractivity contribution is 5.86. The van der Waals surface area contributed by atoms with E-state index >= 15 is 0 Å². The third kappa shape index (κ3) is 4.53. The van der Waals surface area contributed by atoms with Crippen LogP contribution in [0.3, 0.4) is 0 Å². The molecule has 0 aromatic heterocycles. The maximum absolute atomic E-state index is 12.6. The van der Waals surface area contributed by atoms with Crippen LogP contribution in [0.25, 0.3) is 0 Å². The summed E-state index contributed by atoms with van der Waals surface area (Å²) in [7, 11) is 0. The van der Waals surface area contributed by atoms with Gasteiger partial charge in [0, 0.05) is 6.54 Å². The molecule has 2 rings (SSSR count). The normalized spacial score (nSPS) is 24.8. The van der Waals surface area contributed by atoms with Gasteiger partial charge in [-0.05, 0) is 40.0 Å². The predicted octanol–water partition coefficient (Wildman–Crippen LogP) is -0.707. The lowest BCUT2D eigenvalue weighted by atomic mass is 10.1. The third-order valence-corrected chi connectivity index (χ3v) is 3.21. The van der Waals surface area contributed by atoms with Gasteiger partial charge in [-0.3, -0.25) is 4.79 Å². The molecule has 0 aliphatic carbocycles. The van der Waals surface area contributed by atoms with Crippen molar-refractivity contribution >= 4 is 12.0 Å². The maximum atomic E-state index is 12.6. The van der Waals surface area contributed by atoms with Crippen LogP contribution >= 0.6 is 0 Å². The van der Waals surface area contributed by atoms with Gasteiger partial charge >= 0.3 is 6.09 Å². The van der Waals surface area contributed by atoms with E-state index in [1.165, 1.54) is 0 Å². The summed E-state index contributed by atoms with van der Waals surface area (Å²) in [6, 6.07) is -0.563. The largest absolute Gasteiger partial charge is 0.444 e. The second-order valence-electron chi connectivity index (χ2n) is 6.17. The van der Waals surface area contributed by atoms with Crippen molar-refractivity contribution in [3.8, 4) is 0 Å². The minimum atomic E-state index is -0.583. The van der Waals surface area contributed by atoms with Gasteiger partial charge in [0.15, 0.2) is 6.29 Å². The fraction of sp³-hybridized carbons (Fsp3) is 0.833. The number of hydrazine groups is 3. The molecule has 2 heterocycles. The topological polar surface area (TPSA) is 107 Å². The molecule has 0 saturated carbocycles. The van der Waals surface area contributed by atoms with E-state index in [0.29, 0.717) is 13.0 Å². The van der Waals surface area contributed by atoms with E-state index in [1.807, 2.05) is 0 Å². The van der Waals surface area contributed by atoms with Crippen LogP contribution in [0.15, 0.2) is 0 Å². The number of ether oxygens (including phenoxy) is 1. The Morgan fingerprint density at radius 3 is 2.57 bits per heavy atom. The van der Waals surface area contributed by atoms with Gasteiger partial charge in [-0.2, -0.15) is 11.1 Å². The Balaban J connectivity index is 1.97. The summed E-state index contributed by atoms with van der Waals surface area (Å²) in [5.74, 6) is -0.131. The minimum Gasteiger partial charge on any atom is -0.444 e. The first-order valence-corrected chi connectivity index (χ1v) is 7.18. The summed E-state index contributed by atoms with van der Waals surface area (Å²) < 4.78 is 5.21. The van der Waals surface area contributed by atoms with Gasteiger partial charge in [0.05, 0.1) is 0 Å². The Labute approximate surface area is 124 Å². The number of likely N-dealkylation sites (tertiary alicyclic amines) is 1. The Kier molecular flexibility index (Phi) is 4.99.